The molecule has 0 N–H and O–H groups in total. The van der Waals surface area contributed by atoms with E-state index in [0.29, 0.717) is 10.7 Å². The first kappa shape index (κ1) is 13.2. The van der Waals surface area contributed by atoms with Crippen molar-refractivity contribution in [3.8, 4) is 0 Å². The maximum atomic E-state index is 13.4. The number of hydrogen-bond acceptors (Lipinski definition) is 0. The third kappa shape index (κ3) is 4.23. The average Bonchev–Trinajstić information content (AvgIpc) is 2.18. The average molecular weight is 338 g/mol. The predicted molar refractivity (Wildman–Crippen MR) is 70.0 cm³/mol. The summed E-state index contributed by atoms with van der Waals surface area (Å²) in [5.74, 6) is 0.474. The van der Waals surface area contributed by atoms with E-state index >= 15 is 0 Å². The molecule has 1 rings (SSSR count). The van der Waals surface area contributed by atoms with Crippen LogP contribution in [-0.2, 0) is 6.42 Å². The molecular weight excluding hydrogens is 323 g/mol. The summed E-state index contributed by atoms with van der Waals surface area (Å²) in [5, 5.41) is 0. The standard InChI is InChI=1S/C12H15Br2F/c1-8(2)11(14)5-3-9-7-10(13)4-6-12(9)15/h4,6-8,11H,3,5H2,1-2H3. The van der Waals surface area contributed by atoms with Crippen LogP contribution in [0.25, 0.3) is 0 Å². The number of alkyl halides is 1. The molecule has 0 spiro atoms. The van der Waals surface area contributed by atoms with Gasteiger partial charge < -0.3 is 0 Å². The summed E-state index contributed by atoms with van der Waals surface area (Å²) in [4.78, 5) is 0.455. The normalized spacial score (nSPS) is 13.2. The molecule has 0 bridgehead atoms. The highest BCUT2D eigenvalue weighted by Crippen LogP contribution is 2.21. The van der Waals surface area contributed by atoms with E-state index in [1.807, 2.05) is 6.07 Å². The van der Waals surface area contributed by atoms with E-state index in [0.717, 1.165) is 22.9 Å². The Hall–Kier alpha value is 0.110. The van der Waals surface area contributed by atoms with Crippen molar-refractivity contribution in [2.75, 3.05) is 0 Å². The number of hydrogen-bond donors (Lipinski definition) is 0. The van der Waals surface area contributed by atoms with Crippen LogP contribution in [-0.4, -0.2) is 4.83 Å². The highest BCUT2D eigenvalue weighted by Gasteiger charge is 2.10. The second-order valence-electron chi connectivity index (χ2n) is 4.03. The number of benzene rings is 1. The van der Waals surface area contributed by atoms with Crippen LogP contribution in [0.3, 0.4) is 0 Å². The molecule has 84 valence electrons. The van der Waals surface area contributed by atoms with E-state index in [-0.39, 0.29) is 5.82 Å². The van der Waals surface area contributed by atoms with Gasteiger partial charge >= 0.3 is 0 Å². The first-order valence-electron chi connectivity index (χ1n) is 5.08. The van der Waals surface area contributed by atoms with Gasteiger partial charge in [0.1, 0.15) is 5.82 Å². The smallest absolute Gasteiger partial charge is 0.126 e. The third-order valence-corrected chi connectivity index (χ3v) is 4.43. The molecule has 1 unspecified atom stereocenters. The number of halogens is 3. The summed E-state index contributed by atoms with van der Waals surface area (Å²) in [6.45, 7) is 4.33. The van der Waals surface area contributed by atoms with Crippen LogP contribution in [0, 0.1) is 11.7 Å². The summed E-state index contributed by atoms with van der Waals surface area (Å²) in [6.07, 6.45) is 1.74. The van der Waals surface area contributed by atoms with Crippen molar-refractivity contribution >= 4 is 31.9 Å². The van der Waals surface area contributed by atoms with Crippen LogP contribution in [0.2, 0.25) is 0 Å². The molecule has 0 heterocycles. The van der Waals surface area contributed by atoms with E-state index in [1.165, 1.54) is 6.07 Å². The second kappa shape index (κ2) is 6.00. The number of rotatable bonds is 4. The van der Waals surface area contributed by atoms with Gasteiger partial charge in [-0.15, -0.1) is 0 Å². The van der Waals surface area contributed by atoms with Gasteiger partial charge in [0, 0.05) is 9.30 Å². The molecule has 0 saturated heterocycles. The molecule has 0 aliphatic heterocycles. The Labute approximate surface area is 108 Å². The van der Waals surface area contributed by atoms with Gasteiger partial charge in [0.2, 0.25) is 0 Å². The van der Waals surface area contributed by atoms with Crippen LogP contribution in [0.1, 0.15) is 25.8 Å². The summed E-state index contributed by atoms with van der Waals surface area (Å²) >= 11 is 6.96. The molecule has 0 aromatic heterocycles. The zero-order valence-electron chi connectivity index (χ0n) is 8.93. The molecule has 1 aromatic rings. The van der Waals surface area contributed by atoms with Crippen LogP contribution >= 0.6 is 31.9 Å². The van der Waals surface area contributed by atoms with Crippen molar-refractivity contribution in [2.24, 2.45) is 5.92 Å². The topological polar surface area (TPSA) is 0 Å². The second-order valence-corrected chi connectivity index (χ2v) is 6.13. The van der Waals surface area contributed by atoms with E-state index in [4.69, 9.17) is 0 Å². The van der Waals surface area contributed by atoms with Gasteiger partial charge in [-0.1, -0.05) is 45.7 Å². The van der Waals surface area contributed by atoms with Gasteiger partial charge in [-0.25, -0.2) is 4.39 Å². The minimum absolute atomic E-state index is 0.110. The van der Waals surface area contributed by atoms with Crippen molar-refractivity contribution < 1.29 is 4.39 Å². The minimum Gasteiger partial charge on any atom is -0.207 e. The lowest BCUT2D eigenvalue weighted by atomic mass is 10.0. The Morgan fingerprint density at radius 3 is 2.60 bits per heavy atom. The summed E-state index contributed by atoms with van der Waals surface area (Å²) in [7, 11) is 0. The molecule has 0 fully saturated rings. The minimum atomic E-state index is -0.110. The van der Waals surface area contributed by atoms with Crippen LogP contribution in [0.5, 0.6) is 0 Å². The lowest BCUT2D eigenvalue weighted by Gasteiger charge is -2.13. The van der Waals surface area contributed by atoms with Crippen LogP contribution in [0.4, 0.5) is 4.39 Å². The fraction of sp³-hybridized carbons (Fsp3) is 0.500. The zero-order chi connectivity index (χ0) is 11.4. The first-order valence-corrected chi connectivity index (χ1v) is 6.79. The monoisotopic (exact) mass is 336 g/mol. The Morgan fingerprint density at radius 2 is 2.00 bits per heavy atom. The van der Waals surface area contributed by atoms with Gasteiger partial charge in [-0.05, 0) is 42.5 Å². The number of aryl methyl sites for hydroxylation is 1. The summed E-state index contributed by atoms with van der Waals surface area (Å²) in [6, 6.07) is 5.10. The molecule has 0 radical (unpaired) electrons. The highest BCUT2D eigenvalue weighted by molar-refractivity contribution is 9.10. The molecule has 0 saturated carbocycles. The van der Waals surface area contributed by atoms with Crippen molar-refractivity contribution in [1.29, 1.82) is 0 Å². The molecule has 0 nitrogen and oxygen atoms in total. The molecule has 15 heavy (non-hydrogen) atoms. The van der Waals surface area contributed by atoms with Crippen molar-refractivity contribution in [1.82, 2.24) is 0 Å². The Balaban J connectivity index is 2.61. The van der Waals surface area contributed by atoms with Crippen molar-refractivity contribution in [3.05, 3.63) is 34.1 Å². The Morgan fingerprint density at radius 1 is 1.33 bits per heavy atom. The molecule has 1 aromatic carbocycles. The lowest BCUT2D eigenvalue weighted by Crippen LogP contribution is -2.08. The molecule has 1 atom stereocenters. The highest BCUT2D eigenvalue weighted by atomic mass is 79.9. The third-order valence-electron chi connectivity index (χ3n) is 2.42. The van der Waals surface area contributed by atoms with Gasteiger partial charge in [0.25, 0.3) is 0 Å². The van der Waals surface area contributed by atoms with Gasteiger partial charge in [0.05, 0.1) is 0 Å². The molecule has 0 aliphatic carbocycles. The maximum absolute atomic E-state index is 13.4. The summed E-state index contributed by atoms with van der Waals surface area (Å²) < 4.78 is 14.3. The molecule has 3 heteroatoms. The zero-order valence-corrected chi connectivity index (χ0v) is 12.1. The van der Waals surface area contributed by atoms with E-state index in [2.05, 4.69) is 45.7 Å². The largest absolute Gasteiger partial charge is 0.207 e. The van der Waals surface area contributed by atoms with Gasteiger partial charge in [-0.2, -0.15) is 0 Å². The maximum Gasteiger partial charge on any atom is 0.126 e. The predicted octanol–water partition coefficient (Wildman–Crippen LogP) is 4.94. The fourth-order valence-electron chi connectivity index (χ4n) is 1.36. The van der Waals surface area contributed by atoms with Gasteiger partial charge in [0.15, 0.2) is 0 Å². The molecular formula is C12H15Br2F. The SMILES string of the molecule is CC(C)C(Br)CCc1cc(Br)ccc1F. The molecule has 0 aliphatic rings. The van der Waals surface area contributed by atoms with Gasteiger partial charge in [-0.3, -0.25) is 0 Å². The Kier molecular flexibility index (Phi) is 5.27. The Bertz CT molecular complexity index is 323. The summed E-state index contributed by atoms with van der Waals surface area (Å²) in [5.41, 5.74) is 0.787. The van der Waals surface area contributed by atoms with E-state index in [9.17, 15) is 4.39 Å². The molecule has 0 amide bonds. The first-order chi connectivity index (χ1) is 7.00. The van der Waals surface area contributed by atoms with Crippen molar-refractivity contribution in [2.45, 2.75) is 31.5 Å². The van der Waals surface area contributed by atoms with Crippen LogP contribution in [0.15, 0.2) is 22.7 Å². The lowest BCUT2D eigenvalue weighted by molar-refractivity contribution is 0.562. The van der Waals surface area contributed by atoms with E-state index in [1.54, 1.807) is 6.07 Å². The van der Waals surface area contributed by atoms with Crippen LogP contribution < -0.4 is 0 Å². The van der Waals surface area contributed by atoms with Crippen molar-refractivity contribution in [3.63, 3.8) is 0 Å². The quantitative estimate of drug-likeness (QED) is 0.682. The fourth-order valence-corrected chi connectivity index (χ4v) is 2.00. The van der Waals surface area contributed by atoms with E-state index < -0.39 is 0 Å².